The first-order chi connectivity index (χ1) is 9.43. The number of pyridine rings is 1. The molecule has 0 bridgehead atoms. The summed E-state index contributed by atoms with van der Waals surface area (Å²) < 4.78 is 18.9. The van der Waals surface area contributed by atoms with Gasteiger partial charge in [-0.05, 0) is 43.2 Å². The molecule has 2 aromatic rings. The molecule has 2 rings (SSSR count). The van der Waals surface area contributed by atoms with E-state index in [9.17, 15) is 9.18 Å². The Balaban J connectivity index is 2.77. The Kier molecular flexibility index (Phi) is 4.04. The zero-order chi connectivity index (χ0) is 14.9. The second kappa shape index (κ2) is 5.59. The summed E-state index contributed by atoms with van der Waals surface area (Å²) in [5.74, 6) is -0.171. The standard InChI is InChI=1S/C15H13ClFNO2/c1-8-4-11(10(9(2)19)5-13(8)17)12-6-15(16)18-7-14(12)20-3/h4-7H,1-3H3. The maximum atomic E-state index is 13.7. The van der Waals surface area contributed by atoms with Crippen molar-refractivity contribution in [3.05, 3.63) is 46.5 Å². The van der Waals surface area contributed by atoms with Crippen LogP contribution in [0.4, 0.5) is 4.39 Å². The Morgan fingerprint density at radius 2 is 2.00 bits per heavy atom. The van der Waals surface area contributed by atoms with Crippen molar-refractivity contribution < 1.29 is 13.9 Å². The second-order valence-corrected chi connectivity index (χ2v) is 4.80. The molecular weight excluding hydrogens is 281 g/mol. The van der Waals surface area contributed by atoms with Crippen LogP contribution in [0, 0.1) is 12.7 Å². The van der Waals surface area contributed by atoms with E-state index in [1.54, 1.807) is 19.1 Å². The number of aryl methyl sites for hydroxylation is 1. The highest BCUT2D eigenvalue weighted by atomic mass is 35.5. The maximum Gasteiger partial charge on any atom is 0.160 e. The van der Waals surface area contributed by atoms with Crippen molar-refractivity contribution in [2.75, 3.05) is 7.11 Å². The maximum absolute atomic E-state index is 13.7. The molecule has 0 aliphatic heterocycles. The minimum atomic E-state index is -0.418. The number of nitrogens with zero attached hydrogens (tertiary/aromatic N) is 1. The second-order valence-electron chi connectivity index (χ2n) is 4.41. The summed E-state index contributed by atoms with van der Waals surface area (Å²) in [6.07, 6.45) is 1.47. The summed E-state index contributed by atoms with van der Waals surface area (Å²) in [7, 11) is 1.50. The lowest BCUT2D eigenvalue weighted by molar-refractivity contribution is 0.101. The van der Waals surface area contributed by atoms with Crippen LogP contribution in [0.5, 0.6) is 5.75 Å². The van der Waals surface area contributed by atoms with Gasteiger partial charge in [0.1, 0.15) is 16.7 Å². The van der Waals surface area contributed by atoms with Gasteiger partial charge in [0.15, 0.2) is 5.78 Å². The van der Waals surface area contributed by atoms with E-state index in [2.05, 4.69) is 4.98 Å². The molecule has 0 radical (unpaired) electrons. The Bertz CT molecular complexity index is 686. The van der Waals surface area contributed by atoms with Gasteiger partial charge in [0.05, 0.1) is 13.3 Å². The van der Waals surface area contributed by atoms with E-state index in [1.807, 2.05) is 0 Å². The van der Waals surface area contributed by atoms with E-state index in [-0.39, 0.29) is 16.5 Å². The first-order valence-corrected chi connectivity index (χ1v) is 6.32. The van der Waals surface area contributed by atoms with Gasteiger partial charge < -0.3 is 4.74 Å². The zero-order valence-electron chi connectivity index (χ0n) is 11.3. The van der Waals surface area contributed by atoms with Crippen molar-refractivity contribution in [1.82, 2.24) is 4.98 Å². The molecule has 0 amide bonds. The summed E-state index contributed by atoms with van der Waals surface area (Å²) in [4.78, 5) is 15.7. The van der Waals surface area contributed by atoms with E-state index in [0.717, 1.165) is 0 Å². The van der Waals surface area contributed by atoms with Gasteiger partial charge in [0, 0.05) is 11.1 Å². The van der Waals surface area contributed by atoms with Crippen molar-refractivity contribution >= 4 is 17.4 Å². The van der Waals surface area contributed by atoms with Gasteiger partial charge in [0.25, 0.3) is 0 Å². The number of hydrogen-bond donors (Lipinski definition) is 0. The molecule has 0 aliphatic carbocycles. The van der Waals surface area contributed by atoms with Crippen LogP contribution in [-0.2, 0) is 0 Å². The van der Waals surface area contributed by atoms with E-state index in [1.165, 1.54) is 26.3 Å². The van der Waals surface area contributed by atoms with Crippen LogP contribution >= 0.6 is 11.6 Å². The molecule has 0 saturated carbocycles. The number of benzene rings is 1. The molecule has 1 aromatic heterocycles. The molecule has 1 aromatic carbocycles. The fourth-order valence-electron chi connectivity index (χ4n) is 1.99. The van der Waals surface area contributed by atoms with Crippen LogP contribution in [0.25, 0.3) is 11.1 Å². The number of rotatable bonds is 3. The Labute approximate surface area is 121 Å². The van der Waals surface area contributed by atoms with Gasteiger partial charge in [-0.15, -0.1) is 0 Å². The zero-order valence-corrected chi connectivity index (χ0v) is 12.1. The molecule has 0 fully saturated rings. The Morgan fingerprint density at radius 3 is 2.60 bits per heavy atom. The summed E-state index contributed by atoms with van der Waals surface area (Å²) >= 11 is 5.90. The fourth-order valence-corrected chi connectivity index (χ4v) is 2.14. The molecule has 5 heteroatoms. The van der Waals surface area contributed by atoms with E-state index in [4.69, 9.17) is 16.3 Å². The number of hydrogen-bond acceptors (Lipinski definition) is 3. The van der Waals surface area contributed by atoms with E-state index < -0.39 is 5.82 Å². The first kappa shape index (κ1) is 14.5. The average Bonchev–Trinajstić information content (AvgIpc) is 2.41. The molecular formula is C15H13ClFNO2. The van der Waals surface area contributed by atoms with Gasteiger partial charge in [-0.1, -0.05) is 11.6 Å². The number of halogens is 2. The van der Waals surface area contributed by atoms with Crippen LogP contribution in [0.2, 0.25) is 5.15 Å². The number of carbonyl (C=O) groups excluding carboxylic acids is 1. The molecule has 0 N–H and O–H groups in total. The average molecular weight is 294 g/mol. The van der Waals surface area contributed by atoms with Crippen LogP contribution < -0.4 is 4.74 Å². The molecule has 0 aliphatic rings. The molecule has 0 saturated heterocycles. The molecule has 1 heterocycles. The summed E-state index contributed by atoms with van der Waals surface area (Å²) in [6.45, 7) is 3.03. The predicted molar refractivity (Wildman–Crippen MR) is 75.9 cm³/mol. The number of ketones is 1. The van der Waals surface area contributed by atoms with Crippen molar-refractivity contribution in [2.45, 2.75) is 13.8 Å². The van der Waals surface area contributed by atoms with Crippen LogP contribution in [0.15, 0.2) is 24.4 Å². The quantitative estimate of drug-likeness (QED) is 0.633. The highest BCUT2D eigenvalue weighted by molar-refractivity contribution is 6.29. The van der Waals surface area contributed by atoms with Gasteiger partial charge in [-0.2, -0.15) is 0 Å². The normalized spacial score (nSPS) is 10.4. The lowest BCUT2D eigenvalue weighted by Gasteiger charge is -2.13. The van der Waals surface area contributed by atoms with Crippen LogP contribution in [0.1, 0.15) is 22.8 Å². The number of ether oxygens (including phenoxy) is 1. The number of Topliss-reactive ketones (excluding diaryl/α,β-unsaturated/α-hetero) is 1. The van der Waals surface area contributed by atoms with Crippen molar-refractivity contribution in [3.8, 4) is 16.9 Å². The smallest absolute Gasteiger partial charge is 0.160 e. The largest absolute Gasteiger partial charge is 0.494 e. The Morgan fingerprint density at radius 1 is 1.30 bits per heavy atom. The molecule has 0 atom stereocenters. The lowest BCUT2D eigenvalue weighted by atomic mass is 9.95. The van der Waals surface area contributed by atoms with E-state index >= 15 is 0 Å². The van der Waals surface area contributed by atoms with Crippen molar-refractivity contribution in [3.63, 3.8) is 0 Å². The SMILES string of the molecule is COc1cnc(Cl)cc1-c1cc(C)c(F)cc1C(C)=O. The molecule has 3 nitrogen and oxygen atoms in total. The Hall–Kier alpha value is -1.94. The molecule has 104 valence electrons. The third-order valence-corrected chi connectivity index (χ3v) is 3.23. The third kappa shape index (κ3) is 2.65. The van der Waals surface area contributed by atoms with Gasteiger partial charge in [-0.25, -0.2) is 9.37 Å². The highest BCUT2D eigenvalue weighted by Crippen LogP contribution is 2.35. The van der Waals surface area contributed by atoms with E-state index in [0.29, 0.717) is 22.4 Å². The lowest BCUT2D eigenvalue weighted by Crippen LogP contribution is -2.01. The fraction of sp³-hybridized carbons (Fsp3) is 0.200. The molecule has 0 spiro atoms. The minimum absolute atomic E-state index is 0.228. The van der Waals surface area contributed by atoms with Crippen molar-refractivity contribution in [2.24, 2.45) is 0 Å². The topological polar surface area (TPSA) is 39.2 Å². The molecule has 20 heavy (non-hydrogen) atoms. The van der Waals surface area contributed by atoms with Crippen molar-refractivity contribution in [1.29, 1.82) is 0 Å². The number of carbonyl (C=O) groups is 1. The van der Waals surface area contributed by atoms with Gasteiger partial charge in [-0.3, -0.25) is 4.79 Å². The predicted octanol–water partition coefficient (Wildman–Crippen LogP) is 4.06. The first-order valence-electron chi connectivity index (χ1n) is 5.95. The third-order valence-electron chi connectivity index (χ3n) is 3.02. The van der Waals surface area contributed by atoms with Crippen LogP contribution in [0.3, 0.4) is 0 Å². The van der Waals surface area contributed by atoms with Gasteiger partial charge >= 0.3 is 0 Å². The monoisotopic (exact) mass is 293 g/mol. The highest BCUT2D eigenvalue weighted by Gasteiger charge is 2.16. The van der Waals surface area contributed by atoms with Crippen LogP contribution in [-0.4, -0.2) is 17.9 Å². The summed E-state index contributed by atoms with van der Waals surface area (Å²) in [6, 6.07) is 4.44. The summed E-state index contributed by atoms with van der Waals surface area (Å²) in [5.41, 5.74) is 1.92. The summed E-state index contributed by atoms with van der Waals surface area (Å²) in [5, 5.41) is 0.275. The minimum Gasteiger partial charge on any atom is -0.494 e. The molecule has 0 unspecified atom stereocenters. The van der Waals surface area contributed by atoms with Gasteiger partial charge in [0.2, 0.25) is 0 Å². The number of methoxy groups -OCH3 is 1. The number of aromatic nitrogens is 1.